The molecule has 168 valence electrons. The van der Waals surface area contributed by atoms with Gasteiger partial charge in [-0.05, 0) is 30.3 Å². The molecule has 0 atom stereocenters. The molecule has 0 unspecified atom stereocenters. The zero-order valence-corrected chi connectivity index (χ0v) is 18.5. The fraction of sp³-hybridized carbons (Fsp3) is 0.130. The molecule has 2 aromatic heterocycles. The number of nitrogens with one attached hydrogen (secondary N) is 1. The van der Waals surface area contributed by atoms with Crippen LogP contribution in [0.3, 0.4) is 0 Å². The van der Waals surface area contributed by atoms with Gasteiger partial charge in [-0.3, -0.25) is 14.0 Å². The van der Waals surface area contributed by atoms with E-state index in [1.54, 1.807) is 48.0 Å². The Morgan fingerprint density at radius 2 is 1.85 bits per heavy atom. The minimum atomic E-state index is -0.661. The number of nitrogens with zero attached hydrogens (tertiary/aromatic N) is 2. The van der Waals surface area contributed by atoms with Gasteiger partial charge in [-0.2, -0.15) is 0 Å². The normalized spacial score (nSPS) is 10.6. The maximum absolute atomic E-state index is 12.8. The maximum Gasteiger partial charge on any atom is 0.340 e. The lowest BCUT2D eigenvalue weighted by atomic mass is 10.1. The second-order valence-electron chi connectivity index (χ2n) is 6.79. The number of hydrogen-bond donors (Lipinski definition) is 1. The van der Waals surface area contributed by atoms with Crippen molar-refractivity contribution in [2.75, 3.05) is 19.5 Å². The number of para-hydroxylation sites is 1. The predicted molar refractivity (Wildman–Crippen MR) is 122 cm³/mol. The second-order valence-corrected chi connectivity index (χ2v) is 7.66. The van der Waals surface area contributed by atoms with Gasteiger partial charge in [0, 0.05) is 23.2 Å². The monoisotopic (exact) mass is 465 g/mol. The number of anilines is 1. The number of fused-ring (bicyclic) bond motifs is 1. The minimum absolute atomic E-state index is 0.167. The van der Waals surface area contributed by atoms with Crippen LogP contribution in [0.4, 0.5) is 5.69 Å². The molecule has 1 N–H and O–H groups in total. The van der Waals surface area contributed by atoms with Crippen LogP contribution in [0.1, 0.15) is 26.4 Å². The van der Waals surface area contributed by atoms with E-state index in [1.807, 2.05) is 0 Å². The van der Waals surface area contributed by atoms with Gasteiger partial charge in [0.05, 0.1) is 31.2 Å². The van der Waals surface area contributed by atoms with Gasteiger partial charge in [0.1, 0.15) is 6.61 Å². The topological polar surface area (TPSA) is 108 Å². The fourth-order valence-electron chi connectivity index (χ4n) is 3.12. The lowest BCUT2D eigenvalue weighted by Gasteiger charge is -2.12. The standard InChI is InChI=1S/C23H19N3O6S/c1-30-18-8-7-14(11-19(18)31-2)21(28)25-17-6-4-3-5-16(17)22(29)32-13-15-12-20(27)26-9-10-33-23(26)24-15/h3-12H,13H2,1-2H3,(H,25,28). The number of rotatable bonds is 7. The molecule has 10 heteroatoms. The minimum Gasteiger partial charge on any atom is -0.493 e. The number of carbonyl (C=O) groups is 2. The third-order valence-corrected chi connectivity index (χ3v) is 5.50. The summed E-state index contributed by atoms with van der Waals surface area (Å²) in [5, 5.41) is 4.47. The number of carbonyl (C=O) groups excluding carboxylic acids is 2. The summed E-state index contributed by atoms with van der Waals surface area (Å²) in [6.45, 7) is -0.180. The van der Waals surface area contributed by atoms with Crippen molar-refractivity contribution in [1.82, 2.24) is 9.38 Å². The SMILES string of the molecule is COc1ccc(C(=O)Nc2ccccc2C(=O)OCc2cc(=O)n3ccsc3n2)cc1OC. The van der Waals surface area contributed by atoms with Crippen molar-refractivity contribution in [3.63, 3.8) is 0 Å². The Bertz CT molecular complexity index is 1390. The highest BCUT2D eigenvalue weighted by molar-refractivity contribution is 7.15. The average molecular weight is 465 g/mol. The van der Waals surface area contributed by atoms with Crippen LogP contribution in [0.25, 0.3) is 4.96 Å². The molecule has 0 aliphatic carbocycles. The molecule has 33 heavy (non-hydrogen) atoms. The van der Waals surface area contributed by atoms with Crippen molar-refractivity contribution in [3.05, 3.63) is 87.3 Å². The molecule has 0 aliphatic heterocycles. The molecular formula is C23H19N3O6S. The summed E-state index contributed by atoms with van der Waals surface area (Å²) in [7, 11) is 2.98. The van der Waals surface area contributed by atoms with Gasteiger partial charge in [-0.1, -0.05) is 12.1 Å². The summed E-state index contributed by atoms with van der Waals surface area (Å²) in [5.41, 5.74) is 0.853. The number of aromatic nitrogens is 2. The van der Waals surface area contributed by atoms with Gasteiger partial charge in [-0.15, -0.1) is 11.3 Å². The van der Waals surface area contributed by atoms with Crippen LogP contribution in [0, 0.1) is 0 Å². The molecule has 0 radical (unpaired) electrons. The van der Waals surface area contributed by atoms with Gasteiger partial charge in [-0.25, -0.2) is 9.78 Å². The number of hydrogen-bond acceptors (Lipinski definition) is 8. The van der Waals surface area contributed by atoms with Gasteiger partial charge in [0.2, 0.25) is 0 Å². The number of methoxy groups -OCH3 is 2. The Hall–Kier alpha value is -4.18. The van der Waals surface area contributed by atoms with Crippen LogP contribution >= 0.6 is 11.3 Å². The third kappa shape index (κ3) is 4.70. The first kappa shape index (κ1) is 22.0. The van der Waals surface area contributed by atoms with Gasteiger partial charge in [0.25, 0.3) is 11.5 Å². The number of esters is 1. The number of benzene rings is 2. The summed E-state index contributed by atoms with van der Waals surface area (Å²) in [4.78, 5) is 42.4. The molecule has 0 fully saturated rings. The first-order valence-electron chi connectivity index (χ1n) is 9.75. The van der Waals surface area contributed by atoms with Crippen LogP contribution in [0.5, 0.6) is 11.5 Å². The highest BCUT2D eigenvalue weighted by atomic mass is 32.1. The van der Waals surface area contributed by atoms with Gasteiger partial charge >= 0.3 is 5.97 Å². The Morgan fingerprint density at radius 3 is 2.64 bits per heavy atom. The van der Waals surface area contributed by atoms with E-state index in [9.17, 15) is 14.4 Å². The molecule has 0 saturated carbocycles. The highest BCUT2D eigenvalue weighted by Crippen LogP contribution is 2.28. The van der Waals surface area contributed by atoms with Crippen molar-refractivity contribution < 1.29 is 23.8 Å². The van der Waals surface area contributed by atoms with Gasteiger partial charge < -0.3 is 19.5 Å². The maximum atomic E-state index is 12.8. The van der Waals surface area contributed by atoms with E-state index < -0.39 is 11.9 Å². The molecule has 0 aliphatic rings. The summed E-state index contributed by atoms with van der Waals surface area (Å²) in [5.74, 6) is -0.198. The van der Waals surface area contributed by atoms with Crippen molar-refractivity contribution in [3.8, 4) is 11.5 Å². The van der Waals surface area contributed by atoms with E-state index in [1.165, 1.54) is 42.1 Å². The number of thiazole rings is 1. The molecule has 1 amide bonds. The first-order valence-corrected chi connectivity index (χ1v) is 10.6. The van der Waals surface area contributed by atoms with Crippen LogP contribution in [0.15, 0.2) is 64.9 Å². The van der Waals surface area contributed by atoms with Crippen LogP contribution < -0.4 is 20.3 Å². The Labute approximate surface area is 192 Å². The number of amides is 1. The van der Waals surface area contributed by atoms with E-state index >= 15 is 0 Å². The second kappa shape index (κ2) is 9.53. The summed E-state index contributed by atoms with van der Waals surface area (Å²) in [6.07, 6.45) is 1.63. The van der Waals surface area contributed by atoms with E-state index in [0.717, 1.165) is 0 Å². The number of ether oxygens (including phenoxy) is 3. The molecule has 4 rings (SSSR count). The van der Waals surface area contributed by atoms with Crippen molar-refractivity contribution in [2.24, 2.45) is 0 Å². The quantitative estimate of drug-likeness (QED) is 0.417. The molecular weight excluding hydrogens is 446 g/mol. The molecule has 9 nitrogen and oxygen atoms in total. The van der Waals surface area contributed by atoms with Crippen LogP contribution in [-0.4, -0.2) is 35.5 Å². The van der Waals surface area contributed by atoms with Crippen LogP contribution in [0.2, 0.25) is 0 Å². The molecule has 2 heterocycles. The largest absolute Gasteiger partial charge is 0.493 e. The molecule has 0 spiro atoms. The Morgan fingerprint density at radius 1 is 1.06 bits per heavy atom. The Balaban J connectivity index is 1.50. The zero-order valence-electron chi connectivity index (χ0n) is 17.7. The molecule has 0 bridgehead atoms. The average Bonchev–Trinajstić information content (AvgIpc) is 3.31. The van der Waals surface area contributed by atoms with E-state index in [2.05, 4.69) is 10.3 Å². The van der Waals surface area contributed by atoms with Crippen molar-refractivity contribution >= 4 is 33.9 Å². The Kier molecular flexibility index (Phi) is 6.36. The lowest BCUT2D eigenvalue weighted by molar-refractivity contribution is 0.0469. The summed E-state index contributed by atoms with van der Waals surface area (Å²) < 4.78 is 17.2. The molecule has 2 aromatic carbocycles. The van der Waals surface area contributed by atoms with Gasteiger partial charge in [0.15, 0.2) is 16.5 Å². The lowest BCUT2D eigenvalue weighted by Crippen LogP contribution is -2.17. The van der Waals surface area contributed by atoms with E-state index in [-0.39, 0.29) is 23.4 Å². The van der Waals surface area contributed by atoms with Crippen LogP contribution in [-0.2, 0) is 11.3 Å². The summed E-state index contributed by atoms with van der Waals surface area (Å²) in [6, 6.07) is 12.5. The first-order chi connectivity index (χ1) is 16.0. The van der Waals surface area contributed by atoms with E-state index in [0.29, 0.717) is 27.7 Å². The zero-order chi connectivity index (χ0) is 23.4. The van der Waals surface area contributed by atoms with Crippen molar-refractivity contribution in [2.45, 2.75) is 6.61 Å². The molecule has 4 aromatic rings. The fourth-order valence-corrected chi connectivity index (χ4v) is 3.86. The highest BCUT2D eigenvalue weighted by Gasteiger charge is 2.17. The molecule has 0 saturated heterocycles. The predicted octanol–water partition coefficient (Wildman–Crippen LogP) is 3.38. The third-order valence-electron chi connectivity index (χ3n) is 4.75. The van der Waals surface area contributed by atoms with Crippen molar-refractivity contribution in [1.29, 1.82) is 0 Å². The smallest absolute Gasteiger partial charge is 0.340 e. The van der Waals surface area contributed by atoms with E-state index in [4.69, 9.17) is 14.2 Å². The summed E-state index contributed by atoms with van der Waals surface area (Å²) >= 11 is 1.31.